The zero-order valence-corrected chi connectivity index (χ0v) is 29.1. The summed E-state index contributed by atoms with van der Waals surface area (Å²) in [5.41, 5.74) is 3.62. The van der Waals surface area contributed by atoms with Gasteiger partial charge in [-0.15, -0.1) is 11.3 Å². The second-order valence-electron chi connectivity index (χ2n) is 11.3. The number of benzene rings is 2. The fourth-order valence-electron chi connectivity index (χ4n) is 5.32. The van der Waals surface area contributed by atoms with Crippen molar-refractivity contribution in [2.24, 2.45) is 5.41 Å². The van der Waals surface area contributed by atoms with Gasteiger partial charge in [-0.3, -0.25) is 0 Å². The number of carboxylic acids is 1. The number of aliphatic carboxylic acids is 1. The standard InChI is InChI=1S/C32H33Cl2NO4S2.Na/c1-31(2,38)24-10-6-5-9-23(24)22(13-16-40-19-32(14-15-32)17-27(36)37)21-8-4-3-7-20(21)18-39-26-12-11-25-29(35-26)28(33)30(34)41-25;/h3-12,22,38H,13-19H2,1-2H3,(H,36,37);/q;+1/p-1. The zero-order chi connectivity index (χ0) is 29.2. The maximum absolute atomic E-state index is 11.2. The van der Waals surface area contributed by atoms with Crippen LogP contribution in [0.5, 0.6) is 5.88 Å². The molecule has 5 rings (SSSR count). The van der Waals surface area contributed by atoms with Gasteiger partial charge in [0.1, 0.15) is 16.5 Å². The molecule has 2 aromatic heterocycles. The number of thioether (sulfide) groups is 1. The molecule has 1 atom stereocenters. The van der Waals surface area contributed by atoms with Crippen LogP contribution in [0.4, 0.5) is 0 Å². The second-order valence-corrected chi connectivity index (χ2v) is 14.4. The molecular weight excluding hydrogens is 620 g/mol. The maximum atomic E-state index is 11.2. The number of nitrogens with zero attached hydrogens (tertiary/aromatic N) is 1. The molecule has 0 spiro atoms. The van der Waals surface area contributed by atoms with Gasteiger partial charge < -0.3 is 19.7 Å². The minimum Gasteiger partial charge on any atom is -0.550 e. The van der Waals surface area contributed by atoms with Gasteiger partial charge in [0.05, 0.1) is 15.3 Å². The average molecular weight is 653 g/mol. The molecule has 216 valence electrons. The van der Waals surface area contributed by atoms with Crippen molar-refractivity contribution < 1.29 is 49.3 Å². The minimum atomic E-state index is -1.01. The van der Waals surface area contributed by atoms with Crippen molar-refractivity contribution >= 4 is 62.5 Å². The molecule has 42 heavy (non-hydrogen) atoms. The van der Waals surface area contributed by atoms with Gasteiger partial charge in [-0.1, -0.05) is 71.7 Å². The number of aliphatic hydroxyl groups is 1. The van der Waals surface area contributed by atoms with Crippen LogP contribution in [0.3, 0.4) is 0 Å². The van der Waals surface area contributed by atoms with Crippen molar-refractivity contribution in [3.05, 3.63) is 92.3 Å². The minimum absolute atomic E-state index is 0. The smallest absolute Gasteiger partial charge is 0.550 e. The van der Waals surface area contributed by atoms with Crippen LogP contribution in [0.1, 0.15) is 67.7 Å². The molecule has 10 heteroatoms. The van der Waals surface area contributed by atoms with Gasteiger partial charge >= 0.3 is 29.6 Å². The van der Waals surface area contributed by atoms with Crippen molar-refractivity contribution in [1.82, 2.24) is 4.98 Å². The molecule has 2 heterocycles. The molecule has 2 aromatic carbocycles. The number of carbonyl (C=O) groups is 1. The van der Waals surface area contributed by atoms with E-state index in [2.05, 4.69) is 23.2 Å². The van der Waals surface area contributed by atoms with Gasteiger partial charge in [-0.2, -0.15) is 11.8 Å². The van der Waals surface area contributed by atoms with E-state index in [1.54, 1.807) is 11.8 Å². The summed E-state index contributed by atoms with van der Waals surface area (Å²) in [6, 6.07) is 20.0. The predicted molar refractivity (Wildman–Crippen MR) is 167 cm³/mol. The number of aromatic nitrogens is 1. The van der Waals surface area contributed by atoms with Crippen LogP contribution in [0, 0.1) is 5.41 Å². The van der Waals surface area contributed by atoms with Crippen LogP contribution in [0.15, 0.2) is 60.7 Å². The first-order valence-electron chi connectivity index (χ1n) is 13.6. The second kappa shape index (κ2) is 14.2. The van der Waals surface area contributed by atoms with E-state index < -0.39 is 11.6 Å². The number of thiophene rings is 1. The van der Waals surface area contributed by atoms with Gasteiger partial charge in [0.15, 0.2) is 0 Å². The Hall–Kier alpha value is -1.29. The Bertz CT molecular complexity index is 1550. The Morgan fingerprint density at radius 2 is 1.81 bits per heavy atom. The van der Waals surface area contributed by atoms with Crippen LogP contribution in [-0.2, 0) is 17.0 Å². The summed E-state index contributed by atoms with van der Waals surface area (Å²) < 4.78 is 7.59. The largest absolute Gasteiger partial charge is 1.00 e. The van der Waals surface area contributed by atoms with E-state index in [0.717, 1.165) is 57.7 Å². The zero-order valence-electron chi connectivity index (χ0n) is 24.0. The Balaban J connectivity index is 0.00000405. The van der Waals surface area contributed by atoms with E-state index in [9.17, 15) is 15.0 Å². The summed E-state index contributed by atoms with van der Waals surface area (Å²) >= 11 is 15.7. The Morgan fingerprint density at radius 1 is 1.12 bits per heavy atom. The number of fused-ring (bicyclic) bond motifs is 1. The van der Waals surface area contributed by atoms with Crippen LogP contribution in [0.25, 0.3) is 10.2 Å². The van der Waals surface area contributed by atoms with E-state index >= 15 is 0 Å². The molecule has 0 aliphatic heterocycles. The summed E-state index contributed by atoms with van der Waals surface area (Å²) in [4.78, 5) is 15.8. The summed E-state index contributed by atoms with van der Waals surface area (Å²) in [5, 5.41) is 22.7. The third-order valence-corrected chi connectivity index (χ3v) is 10.9. The molecule has 1 N–H and O–H groups in total. The van der Waals surface area contributed by atoms with Gasteiger partial charge in [-0.25, -0.2) is 4.98 Å². The fourth-order valence-corrected chi connectivity index (χ4v) is 8.11. The summed E-state index contributed by atoms with van der Waals surface area (Å²) in [7, 11) is 0. The molecule has 1 aliphatic carbocycles. The van der Waals surface area contributed by atoms with Crippen LogP contribution in [0.2, 0.25) is 9.36 Å². The van der Waals surface area contributed by atoms with Crippen molar-refractivity contribution in [3.8, 4) is 5.88 Å². The number of hydrogen-bond acceptors (Lipinski definition) is 7. The molecule has 1 aliphatic rings. The number of carbonyl (C=O) groups excluding carboxylic acids is 1. The average Bonchev–Trinajstić information content (AvgIpc) is 3.63. The van der Waals surface area contributed by atoms with Crippen LogP contribution < -0.4 is 39.4 Å². The molecular formula is C32H32Cl2NNaO4S2. The molecule has 0 radical (unpaired) electrons. The van der Waals surface area contributed by atoms with Gasteiger partial charge in [-0.05, 0) is 84.8 Å². The van der Waals surface area contributed by atoms with Gasteiger partial charge in [0.2, 0.25) is 5.88 Å². The van der Waals surface area contributed by atoms with E-state index in [4.69, 9.17) is 27.9 Å². The molecule has 0 bridgehead atoms. The number of carboxylic acid groups (broad SMARTS) is 1. The molecule has 1 saturated carbocycles. The molecule has 1 unspecified atom stereocenters. The fraction of sp³-hybridized carbons (Fsp3) is 0.375. The normalized spacial score (nSPS) is 14.8. The van der Waals surface area contributed by atoms with Crippen molar-refractivity contribution in [3.63, 3.8) is 0 Å². The van der Waals surface area contributed by atoms with E-state index in [1.807, 2.05) is 56.3 Å². The number of hydrogen-bond donors (Lipinski definition) is 1. The molecule has 1 fully saturated rings. The van der Waals surface area contributed by atoms with Crippen LogP contribution >= 0.6 is 46.3 Å². The monoisotopic (exact) mass is 651 g/mol. The van der Waals surface area contributed by atoms with E-state index in [-0.39, 0.29) is 47.3 Å². The number of ether oxygens (including phenoxy) is 1. The molecule has 0 amide bonds. The first kappa shape index (κ1) is 33.6. The number of halogens is 2. The van der Waals surface area contributed by atoms with Crippen molar-refractivity contribution in [2.75, 3.05) is 11.5 Å². The third kappa shape index (κ3) is 8.05. The first-order valence-corrected chi connectivity index (χ1v) is 16.3. The van der Waals surface area contributed by atoms with E-state index in [0.29, 0.717) is 27.4 Å². The SMILES string of the molecule is CC(C)(O)c1ccccc1C(CCSCC1(CC(=O)[O-])CC1)c1ccccc1COc1ccc2sc(Cl)c(Cl)c2n1.[Na+]. The molecule has 4 aromatic rings. The van der Waals surface area contributed by atoms with Gasteiger partial charge in [0.25, 0.3) is 0 Å². The molecule has 0 saturated heterocycles. The molecule has 5 nitrogen and oxygen atoms in total. The summed E-state index contributed by atoms with van der Waals surface area (Å²) in [6.07, 6.45) is 2.85. The summed E-state index contributed by atoms with van der Waals surface area (Å²) in [6.45, 7) is 3.94. The topological polar surface area (TPSA) is 82.5 Å². The summed E-state index contributed by atoms with van der Waals surface area (Å²) in [5.74, 6) is 1.17. The quantitative estimate of drug-likeness (QED) is 0.168. The van der Waals surface area contributed by atoms with Crippen molar-refractivity contribution in [1.29, 1.82) is 0 Å². The Kier molecular flexibility index (Phi) is 11.4. The maximum Gasteiger partial charge on any atom is 1.00 e. The van der Waals surface area contributed by atoms with Crippen LogP contribution in [-0.4, -0.2) is 27.6 Å². The number of rotatable bonds is 13. The van der Waals surface area contributed by atoms with E-state index in [1.165, 1.54) is 11.3 Å². The number of pyridine rings is 1. The first-order chi connectivity index (χ1) is 19.6. The third-order valence-electron chi connectivity index (χ3n) is 7.65. The predicted octanol–water partition coefficient (Wildman–Crippen LogP) is 4.59. The van der Waals surface area contributed by atoms with Crippen molar-refractivity contribution in [2.45, 2.75) is 57.7 Å². The Labute approximate surface area is 287 Å². The Morgan fingerprint density at radius 3 is 2.50 bits per heavy atom. The van der Waals surface area contributed by atoms with Gasteiger partial charge in [0, 0.05) is 18.0 Å².